The zero-order chi connectivity index (χ0) is 9.84. The number of hydrogen-bond acceptors (Lipinski definition) is 1. The molecule has 1 aromatic carbocycles. The maximum Gasteiger partial charge on any atom is 0.134 e. The minimum Gasteiger partial charge on any atom is -0.300 e. The number of Topliss-reactive ketones (excluding diaryl/α,β-unsaturated/α-hetero) is 1. The molecule has 0 bridgehead atoms. The predicted octanol–water partition coefficient (Wildman–Crippen LogP) is 3.48. The van der Waals surface area contributed by atoms with Crippen molar-refractivity contribution in [2.75, 3.05) is 0 Å². The monoisotopic (exact) mass is 304 g/mol. The first-order valence-electron chi connectivity index (χ1n) is 3.95. The van der Waals surface area contributed by atoms with Gasteiger partial charge in [0.1, 0.15) is 5.78 Å². The van der Waals surface area contributed by atoms with E-state index < -0.39 is 0 Å². The van der Waals surface area contributed by atoms with Crippen molar-refractivity contribution in [3.05, 3.63) is 33.8 Å². The van der Waals surface area contributed by atoms with Gasteiger partial charge in [-0.2, -0.15) is 0 Å². The molecule has 3 heteroatoms. The van der Waals surface area contributed by atoms with Crippen molar-refractivity contribution in [1.82, 2.24) is 0 Å². The molecule has 1 nitrogen and oxygen atoms in total. The summed E-state index contributed by atoms with van der Waals surface area (Å²) in [6.07, 6.45) is 0.513. The topological polar surface area (TPSA) is 17.1 Å². The summed E-state index contributed by atoms with van der Waals surface area (Å²) in [4.78, 5) is 10.9. The molecule has 70 valence electrons. The summed E-state index contributed by atoms with van der Waals surface area (Å²) in [7, 11) is 0. The van der Waals surface area contributed by atoms with Crippen molar-refractivity contribution in [3.8, 4) is 0 Å². The molecule has 13 heavy (non-hydrogen) atoms. The fourth-order valence-electron chi connectivity index (χ4n) is 1.18. The molecule has 0 aliphatic heterocycles. The van der Waals surface area contributed by atoms with Crippen LogP contribution in [0.25, 0.3) is 0 Å². The molecule has 1 aromatic rings. The Hall–Kier alpha value is -0.150. The standard InChI is InChI=1S/C10H10Br2O/c1-7(13)2-8-3-9(6-11)5-10(12)4-8/h3-5H,2,6H2,1H3. The Balaban J connectivity index is 2.94. The minimum absolute atomic E-state index is 0.193. The summed E-state index contributed by atoms with van der Waals surface area (Å²) in [5.41, 5.74) is 2.25. The molecule has 0 atom stereocenters. The van der Waals surface area contributed by atoms with E-state index in [0.717, 1.165) is 15.4 Å². The quantitative estimate of drug-likeness (QED) is 0.782. The number of halogens is 2. The lowest BCUT2D eigenvalue weighted by molar-refractivity contribution is -0.116. The second-order valence-electron chi connectivity index (χ2n) is 2.98. The zero-order valence-electron chi connectivity index (χ0n) is 7.31. The Bertz CT molecular complexity index is 321. The summed E-state index contributed by atoms with van der Waals surface area (Å²) in [5, 5.41) is 0.817. The summed E-state index contributed by atoms with van der Waals surface area (Å²) < 4.78 is 1.03. The van der Waals surface area contributed by atoms with Crippen molar-refractivity contribution in [3.63, 3.8) is 0 Å². The van der Waals surface area contributed by atoms with Gasteiger partial charge in [0.15, 0.2) is 0 Å². The maximum atomic E-state index is 10.9. The normalized spacial score (nSPS) is 10.1. The van der Waals surface area contributed by atoms with Gasteiger partial charge in [-0.25, -0.2) is 0 Å². The number of alkyl halides is 1. The van der Waals surface area contributed by atoms with Crippen molar-refractivity contribution in [1.29, 1.82) is 0 Å². The van der Waals surface area contributed by atoms with E-state index in [1.807, 2.05) is 18.2 Å². The lowest BCUT2D eigenvalue weighted by Gasteiger charge is -2.02. The molecular weight excluding hydrogens is 296 g/mol. The largest absolute Gasteiger partial charge is 0.300 e. The van der Waals surface area contributed by atoms with Gasteiger partial charge in [0, 0.05) is 16.2 Å². The number of ketones is 1. The molecule has 1 rings (SSSR count). The van der Waals surface area contributed by atoms with Crippen LogP contribution < -0.4 is 0 Å². The molecule has 0 saturated heterocycles. The van der Waals surface area contributed by atoms with Gasteiger partial charge in [-0.15, -0.1) is 0 Å². The lowest BCUT2D eigenvalue weighted by atomic mass is 10.1. The molecule has 0 saturated carbocycles. The second kappa shape index (κ2) is 4.91. The predicted molar refractivity (Wildman–Crippen MR) is 61.2 cm³/mol. The van der Waals surface area contributed by atoms with Gasteiger partial charge < -0.3 is 0 Å². The van der Waals surface area contributed by atoms with Crippen LogP contribution in [0.4, 0.5) is 0 Å². The maximum absolute atomic E-state index is 10.9. The summed E-state index contributed by atoms with van der Waals surface area (Å²) >= 11 is 6.80. The fourth-order valence-corrected chi connectivity index (χ4v) is 2.10. The first kappa shape index (κ1) is 10.9. The number of carbonyl (C=O) groups excluding carboxylic acids is 1. The van der Waals surface area contributed by atoms with Gasteiger partial charge in [-0.3, -0.25) is 4.79 Å². The van der Waals surface area contributed by atoms with Crippen LogP contribution in [-0.4, -0.2) is 5.78 Å². The highest BCUT2D eigenvalue weighted by Crippen LogP contribution is 2.18. The average molecular weight is 306 g/mol. The van der Waals surface area contributed by atoms with E-state index >= 15 is 0 Å². The minimum atomic E-state index is 0.193. The molecule has 0 aliphatic carbocycles. The lowest BCUT2D eigenvalue weighted by Crippen LogP contribution is -1.96. The van der Waals surface area contributed by atoms with Crippen molar-refractivity contribution >= 4 is 37.6 Å². The number of rotatable bonds is 3. The van der Waals surface area contributed by atoms with Crippen LogP contribution >= 0.6 is 31.9 Å². The number of hydrogen-bond donors (Lipinski definition) is 0. The Morgan fingerprint density at radius 2 is 1.92 bits per heavy atom. The Kier molecular flexibility index (Phi) is 4.13. The molecule has 0 unspecified atom stereocenters. The SMILES string of the molecule is CC(=O)Cc1cc(Br)cc(CBr)c1. The zero-order valence-corrected chi connectivity index (χ0v) is 10.5. The van der Waals surface area contributed by atoms with Crippen LogP contribution in [0.15, 0.2) is 22.7 Å². The summed E-state index contributed by atoms with van der Waals surface area (Å²) in [6, 6.07) is 6.06. The number of carbonyl (C=O) groups is 1. The van der Waals surface area contributed by atoms with Crippen LogP contribution in [0, 0.1) is 0 Å². The van der Waals surface area contributed by atoms with Gasteiger partial charge in [0.2, 0.25) is 0 Å². The third kappa shape index (κ3) is 3.61. The van der Waals surface area contributed by atoms with Gasteiger partial charge in [-0.1, -0.05) is 37.9 Å². The van der Waals surface area contributed by atoms with Crippen LogP contribution in [0.1, 0.15) is 18.1 Å². The Morgan fingerprint density at radius 1 is 1.31 bits per heavy atom. The van der Waals surface area contributed by atoms with Crippen LogP contribution in [0.5, 0.6) is 0 Å². The Morgan fingerprint density at radius 3 is 2.46 bits per heavy atom. The first-order valence-corrected chi connectivity index (χ1v) is 5.87. The summed E-state index contributed by atoms with van der Waals surface area (Å²) in [5.74, 6) is 0.193. The highest BCUT2D eigenvalue weighted by Gasteiger charge is 2.01. The third-order valence-corrected chi connectivity index (χ3v) is 2.73. The number of benzene rings is 1. The highest BCUT2D eigenvalue weighted by molar-refractivity contribution is 9.10. The molecule has 0 spiro atoms. The van der Waals surface area contributed by atoms with E-state index in [-0.39, 0.29) is 5.78 Å². The first-order chi connectivity index (χ1) is 6.11. The summed E-state index contributed by atoms with van der Waals surface area (Å²) in [6.45, 7) is 1.61. The molecule has 0 fully saturated rings. The van der Waals surface area contributed by atoms with Gasteiger partial charge in [0.25, 0.3) is 0 Å². The smallest absolute Gasteiger partial charge is 0.134 e. The molecule has 0 radical (unpaired) electrons. The van der Waals surface area contributed by atoms with Crippen LogP contribution in [-0.2, 0) is 16.5 Å². The van der Waals surface area contributed by atoms with Crippen molar-refractivity contribution in [2.45, 2.75) is 18.7 Å². The van der Waals surface area contributed by atoms with Crippen LogP contribution in [0.2, 0.25) is 0 Å². The molecule has 0 heterocycles. The van der Waals surface area contributed by atoms with Gasteiger partial charge in [-0.05, 0) is 30.2 Å². The van der Waals surface area contributed by atoms with Gasteiger partial charge in [0.05, 0.1) is 0 Å². The highest BCUT2D eigenvalue weighted by atomic mass is 79.9. The van der Waals surface area contributed by atoms with E-state index in [9.17, 15) is 4.79 Å². The Labute approximate surface area is 94.8 Å². The van der Waals surface area contributed by atoms with E-state index in [4.69, 9.17) is 0 Å². The van der Waals surface area contributed by atoms with Crippen LogP contribution in [0.3, 0.4) is 0 Å². The molecule has 0 aromatic heterocycles. The second-order valence-corrected chi connectivity index (χ2v) is 4.46. The molecule has 0 amide bonds. The van der Waals surface area contributed by atoms with E-state index in [1.165, 1.54) is 5.56 Å². The van der Waals surface area contributed by atoms with E-state index in [0.29, 0.717) is 6.42 Å². The van der Waals surface area contributed by atoms with E-state index in [2.05, 4.69) is 31.9 Å². The fraction of sp³-hybridized carbons (Fsp3) is 0.300. The van der Waals surface area contributed by atoms with Crippen molar-refractivity contribution in [2.24, 2.45) is 0 Å². The molecule has 0 N–H and O–H groups in total. The van der Waals surface area contributed by atoms with Gasteiger partial charge >= 0.3 is 0 Å². The molecule has 0 aliphatic rings. The molecular formula is C10H10Br2O. The van der Waals surface area contributed by atoms with Crippen molar-refractivity contribution < 1.29 is 4.79 Å². The van der Waals surface area contributed by atoms with E-state index in [1.54, 1.807) is 6.92 Å². The average Bonchev–Trinajstić information content (AvgIpc) is 2.01. The third-order valence-electron chi connectivity index (χ3n) is 1.62.